The Morgan fingerprint density at radius 3 is 0.949 bits per heavy atom. The minimum atomic E-state index is 0. The van der Waals surface area contributed by atoms with Gasteiger partial charge in [0.25, 0.3) is 0 Å². The maximum absolute atomic E-state index is 6.47. The van der Waals surface area contributed by atoms with Crippen LogP contribution in [0.5, 0.6) is 0 Å². The van der Waals surface area contributed by atoms with Gasteiger partial charge in [-0.2, -0.15) is 11.1 Å². The van der Waals surface area contributed by atoms with Gasteiger partial charge in [-0.25, -0.2) is 14.4 Å². The van der Waals surface area contributed by atoms with E-state index in [2.05, 4.69) is 49.5 Å². The molecule has 5 rings (SSSR count). The zero-order valence-electron chi connectivity index (χ0n) is 26.1. The summed E-state index contributed by atoms with van der Waals surface area (Å²) in [4.78, 5) is 0. The van der Waals surface area contributed by atoms with Crippen LogP contribution in [0, 0.1) is 11.5 Å². The van der Waals surface area contributed by atoms with Crippen molar-refractivity contribution in [1.29, 1.82) is 0 Å². The minimum Gasteiger partial charge on any atom is -0.263 e. The van der Waals surface area contributed by atoms with Crippen LogP contribution in [0.1, 0.15) is 163 Å². The Balaban J connectivity index is 0.000000206. The van der Waals surface area contributed by atoms with Crippen molar-refractivity contribution in [3.63, 3.8) is 0 Å². The number of rotatable bonds is 4. The van der Waals surface area contributed by atoms with E-state index in [9.17, 15) is 0 Å². The third kappa shape index (κ3) is 11.4. The van der Waals surface area contributed by atoms with E-state index >= 15 is 0 Å². The number of halogens is 2. The summed E-state index contributed by atoms with van der Waals surface area (Å²) in [5.41, 5.74) is 4.39. The van der Waals surface area contributed by atoms with Crippen LogP contribution in [0.2, 0.25) is 0 Å². The largest absolute Gasteiger partial charge is 0.263 e. The first kappa shape index (κ1) is 35.9. The summed E-state index contributed by atoms with van der Waals surface area (Å²) in [6.07, 6.45) is 30.9. The summed E-state index contributed by atoms with van der Waals surface area (Å²) in [6.45, 7) is 10.9. The number of hydrogen-bond donors (Lipinski definition) is 0. The molecule has 0 saturated heterocycles. The summed E-state index contributed by atoms with van der Waals surface area (Å²) in [5.74, 6) is 0. The predicted molar refractivity (Wildman–Crippen MR) is 167 cm³/mol. The van der Waals surface area contributed by atoms with Gasteiger partial charge in [0.15, 0.2) is 0 Å². The van der Waals surface area contributed by atoms with E-state index in [1.54, 1.807) is 0 Å². The van der Waals surface area contributed by atoms with E-state index in [0.29, 0.717) is 24.2 Å². The van der Waals surface area contributed by atoms with Gasteiger partial charge in [0, 0.05) is 45.9 Å². The molecule has 0 aliphatic heterocycles. The average Bonchev–Trinajstić information content (AvgIpc) is 3.15. The number of hydrogen-bond acceptors (Lipinski definition) is 2. The minimum absolute atomic E-state index is 0. The molecule has 5 aliphatic rings. The van der Waals surface area contributed by atoms with Crippen LogP contribution in [0.15, 0.2) is 16.7 Å². The van der Waals surface area contributed by atoms with Crippen molar-refractivity contribution < 1.29 is 21.7 Å². The molecular weight excluding hydrogens is 555 g/mol. The van der Waals surface area contributed by atoms with Gasteiger partial charge in [-0.1, -0.05) is 110 Å². The molecule has 0 bridgehead atoms. The SMILES string of the molecule is CC1=[C-]C(C)(C)C(C)=C1C.ClN(C1CCCCC1)C1CCCCC1.ClN(C1CCCCC1)C1CCCCC1.[Ti]. The summed E-state index contributed by atoms with van der Waals surface area (Å²) < 4.78 is 4.39. The normalized spacial score (nSPS) is 25.4. The maximum Gasteiger partial charge on any atom is 0.0254 e. The molecule has 0 N–H and O–H groups in total. The standard InChI is InChI=1S/2C12H22ClN.C10H15.Ti/c2*13-14(11-7-3-1-4-8-11)12-9-5-2-6-10-12;1-7-6-10(4,5)9(3)8(7)2;/h2*11-12H,1-10H2;1-5H3;/q;;-1;. The Kier molecular flexibility index (Phi) is 16.9. The first-order valence-electron chi connectivity index (χ1n) is 16.4. The summed E-state index contributed by atoms with van der Waals surface area (Å²) in [6, 6.07) is 2.75. The summed E-state index contributed by atoms with van der Waals surface area (Å²) in [5, 5.41) is 0. The van der Waals surface area contributed by atoms with Crippen LogP contribution in [-0.2, 0) is 21.7 Å². The van der Waals surface area contributed by atoms with E-state index in [-0.39, 0.29) is 27.1 Å². The Hall–Kier alpha value is 0.694. The van der Waals surface area contributed by atoms with E-state index in [1.165, 1.54) is 145 Å². The second-order valence-corrected chi connectivity index (χ2v) is 14.3. The molecule has 0 spiro atoms. The van der Waals surface area contributed by atoms with Crippen LogP contribution < -0.4 is 0 Å². The van der Waals surface area contributed by atoms with Crippen molar-refractivity contribution in [2.45, 2.75) is 187 Å². The molecule has 0 aromatic rings. The molecule has 224 valence electrons. The molecule has 0 amide bonds. The van der Waals surface area contributed by atoms with E-state index < -0.39 is 0 Å². The van der Waals surface area contributed by atoms with Gasteiger partial charge in [-0.05, 0) is 74.9 Å². The van der Waals surface area contributed by atoms with E-state index in [1.807, 2.05) is 0 Å². The fraction of sp³-hybridized carbons (Fsp3) is 0.882. The molecule has 0 unspecified atom stereocenters. The van der Waals surface area contributed by atoms with Crippen LogP contribution >= 0.6 is 23.6 Å². The van der Waals surface area contributed by atoms with Gasteiger partial charge in [-0.3, -0.25) is 6.08 Å². The predicted octanol–water partition coefficient (Wildman–Crippen LogP) is 11.3. The molecule has 0 aromatic carbocycles. The molecular formula is C34H59Cl2N2Ti-. The topological polar surface area (TPSA) is 6.48 Å². The van der Waals surface area contributed by atoms with E-state index in [0.717, 1.165) is 0 Å². The Morgan fingerprint density at radius 1 is 0.538 bits per heavy atom. The zero-order chi connectivity index (χ0) is 27.5. The van der Waals surface area contributed by atoms with Crippen molar-refractivity contribution in [3.05, 3.63) is 22.8 Å². The molecule has 39 heavy (non-hydrogen) atoms. The molecule has 5 heteroatoms. The van der Waals surface area contributed by atoms with Gasteiger partial charge in [0.05, 0.1) is 0 Å². The van der Waals surface area contributed by atoms with Crippen molar-refractivity contribution in [3.8, 4) is 0 Å². The molecule has 0 atom stereocenters. The second-order valence-electron chi connectivity index (χ2n) is 13.5. The number of allylic oxidation sites excluding steroid dienone is 4. The third-order valence-corrected chi connectivity index (χ3v) is 11.4. The smallest absolute Gasteiger partial charge is 0.0254 e. The van der Waals surface area contributed by atoms with Crippen molar-refractivity contribution in [2.75, 3.05) is 0 Å². The average molecular weight is 615 g/mol. The Bertz CT molecular complexity index is 666. The van der Waals surface area contributed by atoms with Gasteiger partial charge in [0.1, 0.15) is 0 Å². The molecule has 5 aliphatic carbocycles. The first-order valence-corrected chi connectivity index (χ1v) is 17.1. The molecule has 0 heterocycles. The van der Waals surface area contributed by atoms with Crippen LogP contribution in [0.25, 0.3) is 0 Å². The van der Waals surface area contributed by atoms with Crippen LogP contribution in [-0.4, -0.2) is 33.0 Å². The van der Waals surface area contributed by atoms with Gasteiger partial charge < -0.3 is 0 Å². The Labute approximate surface area is 268 Å². The monoisotopic (exact) mass is 613 g/mol. The van der Waals surface area contributed by atoms with Gasteiger partial charge in [0.2, 0.25) is 0 Å². The van der Waals surface area contributed by atoms with Crippen LogP contribution in [0.3, 0.4) is 0 Å². The maximum atomic E-state index is 6.47. The summed E-state index contributed by atoms with van der Waals surface area (Å²) >= 11 is 12.9. The fourth-order valence-electron chi connectivity index (χ4n) is 7.31. The van der Waals surface area contributed by atoms with Gasteiger partial charge in [-0.15, -0.1) is 6.92 Å². The fourth-order valence-corrected chi connectivity index (χ4v) is 8.09. The van der Waals surface area contributed by atoms with Crippen molar-refractivity contribution >= 4 is 23.6 Å². The Morgan fingerprint density at radius 2 is 0.795 bits per heavy atom. The van der Waals surface area contributed by atoms with E-state index in [4.69, 9.17) is 23.6 Å². The van der Waals surface area contributed by atoms with Crippen molar-refractivity contribution in [1.82, 2.24) is 8.84 Å². The molecule has 4 saturated carbocycles. The summed E-state index contributed by atoms with van der Waals surface area (Å²) in [7, 11) is 0. The van der Waals surface area contributed by atoms with Crippen molar-refractivity contribution in [2.24, 2.45) is 5.41 Å². The first-order chi connectivity index (χ1) is 18.2. The molecule has 2 nitrogen and oxygen atoms in total. The zero-order valence-corrected chi connectivity index (χ0v) is 29.2. The third-order valence-electron chi connectivity index (χ3n) is 10.3. The molecule has 4 fully saturated rings. The second kappa shape index (κ2) is 18.4. The van der Waals surface area contributed by atoms with Crippen LogP contribution in [0.4, 0.5) is 0 Å². The molecule has 0 aromatic heterocycles. The number of nitrogens with zero attached hydrogens (tertiary/aromatic N) is 2. The quantitative estimate of drug-likeness (QED) is 0.177. The molecule has 0 radical (unpaired) electrons. The van der Waals surface area contributed by atoms with Gasteiger partial charge >= 0.3 is 0 Å².